The molecule has 4 heterocycles. The van der Waals surface area contributed by atoms with Crippen LogP contribution in [0.5, 0.6) is 5.75 Å². The molecule has 2 bridgehead atoms. The fourth-order valence-electron chi connectivity index (χ4n) is 6.67. The maximum atomic E-state index is 13.7. The van der Waals surface area contributed by atoms with E-state index in [0.717, 1.165) is 65.0 Å². The minimum atomic E-state index is -1.34. The zero-order valence-electron chi connectivity index (χ0n) is 20.3. The number of aromatic nitrogens is 1. The van der Waals surface area contributed by atoms with Crippen LogP contribution in [0.25, 0.3) is 11.1 Å². The molecule has 0 radical (unpaired) electrons. The number of quaternary nitrogens is 1. The van der Waals surface area contributed by atoms with Crippen molar-refractivity contribution in [1.82, 2.24) is 5.16 Å². The van der Waals surface area contributed by atoms with Crippen LogP contribution in [0, 0.1) is 11.7 Å². The van der Waals surface area contributed by atoms with E-state index in [1.807, 2.05) is 60.7 Å². The highest BCUT2D eigenvalue weighted by molar-refractivity contribution is 5.81. The van der Waals surface area contributed by atoms with Gasteiger partial charge in [-0.05, 0) is 23.3 Å². The van der Waals surface area contributed by atoms with E-state index >= 15 is 0 Å². The molecule has 3 aromatic carbocycles. The van der Waals surface area contributed by atoms with E-state index < -0.39 is 5.60 Å². The Hall–Kier alpha value is -3.19. The molecule has 0 saturated carbocycles. The van der Waals surface area contributed by atoms with Gasteiger partial charge in [0, 0.05) is 42.0 Å². The summed E-state index contributed by atoms with van der Waals surface area (Å²) in [5.74, 6) is 1.57. The van der Waals surface area contributed by atoms with Crippen molar-refractivity contribution in [2.24, 2.45) is 5.92 Å². The van der Waals surface area contributed by atoms with Crippen LogP contribution in [0.1, 0.15) is 35.4 Å². The van der Waals surface area contributed by atoms with Gasteiger partial charge in [-0.3, -0.25) is 0 Å². The molecule has 1 aliphatic carbocycles. The molecule has 1 atom stereocenters. The quantitative estimate of drug-likeness (QED) is 0.412. The highest BCUT2D eigenvalue weighted by Crippen LogP contribution is 2.50. The summed E-state index contributed by atoms with van der Waals surface area (Å²) >= 11 is 0. The lowest BCUT2D eigenvalue weighted by atomic mass is 9.83. The number of hydrogen-bond acceptors (Lipinski definition) is 4. The molecule has 3 fully saturated rings. The van der Waals surface area contributed by atoms with Gasteiger partial charge in [0.1, 0.15) is 30.4 Å². The molecule has 8 rings (SSSR count). The summed E-state index contributed by atoms with van der Waals surface area (Å²) in [4.78, 5) is 0. The van der Waals surface area contributed by atoms with Gasteiger partial charge < -0.3 is 31.3 Å². The number of hydrogen-bond donors (Lipinski definition) is 1. The van der Waals surface area contributed by atoms with E-state index in [1.54, 1.807) is 6.07 Å². The van der Waals surface area contributed by atoms with Gasteiger partial charge in [-0.1, -0.05) is 59.8 Å². The molecule has 4 aromatic rings. The lowest BCUT2D eigenvalue weighted by Gasteiger charge is -2.51. The van der Waals surface area contributed by atoms with E-state index in [2.05, 4.69) is 5.16 Å². The van der Waals surface area contributed by atoms with E-state index in [9.17, 15) is 9.50 Å². The van der Waals surface area contributed by atoms with Crippen LogP contribution in [0.3, 0.4) is 0 Å². The second kappa shape index (κ2) is 8.98. The van der Waals surface area contributed by atoms with Gasteiger partial charge in [-0.15, -0.1) is 0 Å². The fraction of sp³-hybridized carbons (Fsp3) is 0.300. The third kappa shape index (κ3) is 3.86. The Morgan fingerprint density at radius 2 is 1.62 bits per heavy atom. The number of halogens is 2. The predicted molar refractivity (Wildman–Crippen MR) is 133 cm³/mol. The Balaban J connectivity index is 0.00000252. The monoisotopic (exact) mass is 518 g/mol. The molecule has 1 N–H and O–H groups in total. The van der Waals surface area contributed by atoms with Crippen LogP contribution >= 0.6 is 0 Å². The second-order valence-electron chi connectivity index (χ2n) is 10.6. The average Bonchev–Trinajstić information content (AvgIpc) is 3.47. The highest BCUT2D eigenvalue weighted by Gasteiger charge is 2.49. The molecule has 3 aliphatic heterocycles. The number of aliphatic hydroxyl groups is 1. The van der Waals surface area contributed by atoms with Crippen LogP contribution < -0.4 is 17.1 Å². The Morgan fingerprint density at radius 1 is 0.946 bits per heavy atom. The van der Waals surface area contributed by atoms with Gasteiger partial charge in [0.05, 0.1) is 13.1 Å². The number of fused-ring (bicyclic) bond motifs is 6. The molecule has 0 spiro atoms. The Labute approximate surface area is 221 Å². The molecular weight excluding hydrogens is 491 g/mol. The van der Waals surface area contributed by atoms with Crippen molar-refractivity contribution in [3.63, 3.8) is 0 Å². The van der Waals surface area contributed by atoms with Crippen molar-refractivity contribution in [1.29, 1.82) is 0 Å². The molecule has 5 nitrogen and oxygen atoms in total. The van der Waals surface area contributed by atoms with E-state index in [4.69, 9.17) is 9.26 Å². The average molecular weight is 519 g/mol. The maximum absolute atomic E-state index is 13.7. The molecule has 37 heavy (non-hydrogen) atoms. The number of rotatable bonds is 5. The first-order valence-electron chi connectivity index (χ1n) is 12.7. The number of ether oxygens (including phenoxy) is 1. The van der Waals surface area contributed by atoms with E-state index in [-0.39, 0.29) is 24.3 Å². The maximum Gasteiger partial charge on any atom is 0.191 e. The largest absolute Gasteiger partial charge is 1.00 e. The van der Waals surface area contributed by atoms with Gasteiger partial charge in [0.15, 0.2) is 17.5 Å². The third-order valence-electron chi connectivity index (χ3n) is 8.47. The number of nitrogens with zero attached hydrogens (tertiary/aromatic N) is 2. The van der Waals surface area contributed by atoms with Gasteiger partial charge >= 0.3 is 0 Å². The summed E-state index contributed by atoms with van der Waals surface area (Å²) < 4.78 is 26.7. The minimum Gasteiger partial charge on any atom is -1.00 e. The zero-order valence-corrected chi connectivity index (χ0v) is 21.1. The molecule has 7 heteroatoms. The topological polar surface area (TPSA) is 55.5 Å². The SMILES string of the molecule is OC1(c2cc(C[N+]34CCC(CC3)[C@@H](Oc3cccc(F)c3)C4)on2)c2ccccc2-c2ccccc21.[Cl-]. The Morgan fingerprint density at radius 3 is 2.30 bits per heavy atom. The summed E-state index contributed by atoms with van der Waals surface area (Å²) in [5, 5.41) is 16.5. The molecule has 0 amide bonds. The van der Waals surface area contributed by atoms with Crippen molar-refractivity contribution in [2.45, 2.75) is 31.1 Å². The van der Waals surface area contributed by atoms with Crippen LogP contribution in [-0.2, 0) is 12.1 Å². The summed E-state index contributed by atoms with van der Waals surface area (Å²) in [7, 11) is 0. The number of piperidine rings is 3. The minimum absolute atomic E-state index is 0. The zero-order chi connectivity index (χ0) is 24.3. The third-order valence-corrected chi connectivity index (χ3v) is 8.47. The first-order chi connectivity index (χ1) is 17.5. The Kier molecular flexibility index (Phi) is 5.86. The van der Waals surface area contributed by atoms with Crippen LogP contribution in [-0.4, -0.2) is 40.5 Å². The van der Waals surface area contributed by atoms with Crippen LogP contribution in [0.4, 0.5) is 4.39 Å². The van der Waals surface area contributed by atoms with Crippen LogP contribution in [0.2, 0.25) is 0 Å². The van der Waals surface area contributed by atoms with Gasteiger partial charge in [-0.2, -0.15) is 0 Å². The molecule has 3 saturated heterocycles. The molecule has 1 aromatic heterocycles. The first kappa shape index (κ1) is 24.2. The van der Waals surface area contributed by atoms with Crippen molar-refractivity contribution in [2.75, 3.05) is 19.6 Å². The summed E-state index contributed by atoms with van der Waals surface area (Å²) in [5.41, 5.74) is 2.90. The van der Waals surface area contributed by atoms with Gasteiger partial charge in [0.25, 0.3) is 0 Å². The molecular formula is C30H28ClFN2O3. The molecule has 190 valence electrons. The van der Waals surface area contributed by atoms with Crippen molar-refractivity contribution >= 4 is 0 Å². The van der Waals surface area contributed by atoms with Gasteiger partial charge in [-0.25, -0.2) is 4.39 Å². The Bertz CT molecular complexity index is 1400. The second-order valence-corrected chi connectivity index (χ2v) is 10.6. The van der Waals surface area contributed by atoms with Crippen molar-refractivity contribution in [3.8, 4) is 16.9 Å². The predicted octanol–water partition coefficient (Wildman–Crippen LogP) is 2.27. The lowest BCUT2D eigenvalue weighted by molar-refractivity contribution is -0.959. The summed E-state index contributed by atoms with van der Waals surface area (Å²) in [6.45, 7) is 3.66. The summed E-state index contributed by atoms with van der Waals surface area (Å²) in [6.07, 6.45) is 2.20. The number of benzene rings is 3. The molecule has 0 unspecified atom stereocenters. The molecule has 4 aliphatic rings. The highest BCUT2D eigenvalue weighted by atomic mass is 35.5. The van der Waals surface area contributed by atoms with Crippen LogP contribution in [0.15, 0.2) is 83.4 Å². The smallest absolute Gasteiger partial charge is 0.191 e. The lowest BCUT2D eigenvalue weighted by Crippen LogP contribution is -3.00. The van der Waals surface area contributed by atoms with Crippen molar-refractivity contribution < 1.29 is 35.6 Å². The fourth-order valence-corrected chi connectivity index (χ4v) is 6.67. The van der Waals surface area contributed by atoms with E-state index in [1.165, 1.54) is 12.1 Å². The van der Waals surface area contributed by atoms with E-state index in [0.29, 0.717) is 23.9 Å². The standard InChI is InChI=1S/C30H28FN2O3.ClH/c31-21-6-5-7-22(16-21)35-28-19-33(14-12-20(28)13-15-33)18-23-17-29(32-36-23)30(34)26-10-3-1-8-24(26)25-9-2-4-11-27(25)30;/h1-11,16-17,20,28,34H,12-15,18-19H2;1H/q+1;/p-1/t20?,28-,33?;/m0./s1. The van der Waals surface area contributed by atoms with Gasteiger partial charge in [0.2, 0.25) is 0 Å². The first-order valence-corrected chi connectivity index (χ1v) is 12.7. The normalized spacial score (nSPS) is 24.7. The summed E-state index contributed by atoms with van der Waals surface area (Å²) in [6, 6.07) is 24.3. The van der Waals surface area contributed by atoms with Crippen molar-refractivity contribution in [3.05, 3.63) is 107 Å².